The molecule has 0 radical (unpaired) electrons. The standard InChI is InChI=1S/C14H12ClN3S/c15-10-14-17-16-13(9-12-7-4-8-19-12)18(14)11-5-2-1-3-6-11/h1-8H,9-10H2. The third-order valence-electron chi connectivity index (χ3n) is 2.84. The van der Waals surface area contributed by atoms with Crippen LogP contribution in [0.4, 0.5) is 0 Å². The predicted octanol–water partition coefficient (Wildman–Crippen LogP) is 3.66. The van der Waals surface area contributed by atoms with Gasteiger partial charge in [-0.25, -0.2) is 0 Å². The normalized spacial score (nSPS) is 10.8. The summed E-state index contributed by atoms with van der Waals surface area (Å²) in [7, 11) is 0. The minimum absolute atomic E-state index is 0.354. The van der Waals surface area contributed by atoms with Crippen LogP contribution in [0, 0.1) is 0 Å². The van der Waals surface area contributed by atoms with Gasteiger partial charge >= 0.3 is 0 Å². The molecule has 3 nitrogen and oxygen atoms in total. The van der Waals surface area contributed by atoms with Crippen molar-refractivity contribution in [3.8, 4) is 5.69 Å². The molecule has 19 heavy (non-hydrogen) atoms. The number of hydrogen-bond acceptors (Lipinski definition) is 3. The maximum absolute atomic E-state index is 5.96. The van der Waals surface area contributed by atoms with Gasteiger partial charge in [-0.15, -0.1) is 33.1 Å². The van der Waals surface area contributed by atoms with E-state index in [1.807, 2.05) is 41.0 Å². The summed E-state index contributed by atoms with van der Waals surface area (Å²) in [6.45, 7) is 0. The van der Waals surface area contributed by atoms with Crippen molar-refractivity contribution in [2.45, 2.75) is 12.3 Å². The van der Waals surface area contributed by atoms with Crippen LogP contribution in [0.2, 0.25) is 0 Å². The zero-order valence-electron chi connectivity index (χ0n) is 10.2. The van der Waals surface area contributed by atoms with Gasteiger partial charge in [0.2, 0.25) is 0 Å². The van der Waals surface area contributed by atoms with Gasteiger partial charge < -0.3 is 0 Å². The average molecular weight is 290 g/mol. The van der Waals surface area contributed by atoms with Crippen LogP contribution < -0.4 is 0 Å². The highest BCUT2D eigenvalue weighted by atomic mass is 35.5. The summed E-state index contributed by atoms with van der Waals surface area (Å²) in [6, 6.07) is 14.2. The molecule has 0 bridgehead atoms. The maximum atomic E-state index is 5.96. The number of hydrogen-bond donors (Lipinski definition) is 0. The molecule has 0 aliphatic rings. The monoisotopic (exact) mass is 289 g/mol. The summed E-state index contributed by atoms with van der Waals surface area (Å²) in [4.78, 5) is 1.27. The second-order valence-electron chi connectivity index (χ2n) is 4.09. The Morgan fingerprint density at radius 1 is 1.00 bits per heavy atom. The number of nitrogens with zero attached hydrogens (tertiary/aromatic N) is 3. The number of aromatic nitrogens is 3. The highest BCUT2D eigenvalue weighted by molar-refractivity contribution is 7.09. The minimum Gasteiger partial charge on any atom is -0.282 e. The molecule has 0 amide bonds. The fourth-order valence-electron chi connectivity index (χ4n) is 2.00. The Kier molecular flexibility index (Phi) is 3.62. The number of para-hydroxylation sites is 1. The SMILES string of the molecule is ClCc1nnc(Cc2cccs2)n1-c1ccccc1. The lowest BCUT2D eigenvalue weighted by Gasteiger charge is -2.08. The third-order valence-corrected chi connectivity index (χ3v) is 3.96. The van der Waals surface area contributed by atoms with E-state index in [4.69, 9.17) is 11.6 Å². The lowest BCUT2D eigenvalue weighted by Crippen LogP contribution is -2.04. The van der Waals surface area contributed by atoms with Crippen molar-refractivity contribution in [2.75, 3.05) is 0 Å². The van der Waals surface area contributed by atoms with E-state index in [0.29, 0.717) is 5.88 Å². The molecule has 0 atom stereocenters. The molecule has 3 aromatic rings. The summed E-state index contributed by atoms with van der Waals surface area (Å²) in [5.41, 5.74) is 1.05. The van der Waals surface area contributed by atoms with E-state index < -0.39 is 0 Å². The molecule has 0 saturated heterocycles. The van der Waals surface area contributed by atoms with Crippen LogP contribution in [0.25, 0.3) is 5.69 Å². The molecule has 0 spiro atoms. The second-order valence-corrected chi connectivity index (χ2v) is 5.39. The van der Waals surface area contributed by atoms with Crippen LogP contribution in [0.1, 0.15) is 16.5 Å². The van der Waals surface area contributed by atoms with E-state index in [2.05, 4.69) is 21.6 Å². The van der Waals surface area contributed by atoms with Gasteiger partial charge in [0.1, 0.15) is 5.82 Å². The topological polar surface area (TPSA) is 30.7 Å². The van der Waals surface area contributed by atoms with Crippen LogP contribution >= 0.6 is 22.9 Å². The van der Waals surface area contributed by atoms with Crippen molar-refractivity contribution in [3.63, 3.8) is 0 Å². The van der Waals surface area contributed by atoms with Crippen molar-refractivity contribution in [1.29, 1.82) is 0 Å². The van der Waals surface area contributed by atoms with E-state index in [1.54, 1.807) is 11.3 Å². The molecule has 0 aliphatic heterocycles. The van der Waals surface area contributed by atoms with Crippen molar-refractivity contribution in [1.82, 2.24) is 14.8 Å². The van der Waals surface area contributed by atoms with Crippen LogP contribution in [0.15, 0.2) is 47.8 Å². The van der Waals surface area contributed by atoms with Crippen LogP contribution in [-0.4, -0.2) is 14.8 Å². The van der Waals surface area contributed by atoms with Gasteiger partial charge in [-0.1, -0.05) is 24.3 Å². The molecule has 96 valence electrons. The first kappa shape index (κ1) is 12.4. The average Bonchev–Trinajstić information content (AvgIpc) is 3.09. The van der Waals surface area contributed by atoms with Crippen molar-refractivity contribution < 1.29 is 0 Å². The molecule has 0 unspecified atom stereocenters. The van der Waals surface area contributed by atoms with E-state index in [9.17, 15) is 0 Å². The number of rotatable bonds is 4. The van der Waals surface area contributed by atoms with Crippen molar-refractivity contribution in [3.05, 3.63) is 64.4 Å². The highest BCUT2D eigenvalue weighted by Crippen LogP contribution is 2.19. The van der Waals surface area contributed by atoms with Crippen molar-refractivity contribution >= 4 is 22.9 Å². The number of thiophene rings is 1. The smallest absolute Gasteiger partial charge is 0.152 e. The maximum Gasteiger partial charge on any atom is 0.152 e. The van der Waals surface area contributed by atoms with E-state index in [0.717, 1.165) is 23.8 Å². The summed E-state index contributed by atoms with van der Waals surface area (Å²) >= 11 is 7.68. The summed E-state index contributed by atoms with van der Waals surface area (Å²) in [5.74, 6) is 2.05. The van der Waals surface area contributed by atoms with Gasteiger partial charge in [0.05, 0.1) is 5.88 Å². The fraction of sp³-hybridized carbons (Fsp3) is 0.143. The molecule has 2 heterocycles. The highest BCUT2D eigenvalue weighted by Gasteiger charge is 2.13. The third kappa shape index (κ3) is 2.55. The number of benzene rings is 1. The lowest BCUT2D eigenvalue weighted by atomic mass is 10.3. The largest absolute Gasteiger partial charge is 0.282 e. The number of alkyl halides is 1. The molecule has 1 aromatic carbocycles. The number of halogens is 1. The molecule has 0 N–H and O–H groups in total. The lowest BCUT2D eigenvalue weighted by molar-refractivity contribution is 0.892. The molecular weight excluding hydrogens is 278 g/mol. The molecular formula is C14H12ClN3S. The van der Waals surface area contributed by atoms with E-state index in [-0.39, 0.29) is 0 Å². The minimum atomic E-state index is 0.354. The quantitative estimate of drug-likeness (QED) is 0.686. The summed E-state index contributed by atoms with van der Waals surface area (Å²) in [6.07, 6.45) is 0.774. The molecule has 0 fully saturated rings. The first-order chi connectivity index (χ1) is 9.38. The Labute approximate surface area is 120 Å². The molecule has 0 aliphatic carbocycles. The van der Waals surface area contributed by atoms with Gasteiger partial charge in [0.15, 0.2) is 5.82 Å². The second kappa shape index (κ2) is 5.55. The van der Waals surface area contributed by atoms with Gasteiger partial charge in [0, 0.05) is 17.0 Å². The van der Waals surface area contributed by atoms with E-state index in [1.165, 1.54) is 4.88 Å². The van der Waals surface area contributed by atoms with Gasteiger partial charge in [-0.05, 0) is 23.6 Å². The fourth-order valence-corrected chi connectivity index (χ4v) is 2.87. The zero-order chi connectivity index (χ0) is 13.1. The van der Waals surface area contributed by atoms with Crippen LogP contribution in [0.3, 0.4) is 0 Å². The van der Waals surface area contributed by atoms with Crippen LogP contribution in [0.5, 0.6) is 0 Å². The molecule has 0 saturated carbocycles. The Hall–Kier alpha value is -1.65. The molecule has 3 rings (SSSR count). The van der Waals surface area contributed by atoms with Gasteiger partial charge in [0.25, 0.3) is 0 Å². The van der Waals surface area contributed by atoms with Crippen molar-refractivity contribution in [2.24, 2.45) is 0 Å². The summed E-state index contributed by atoms with van der Waals surface area (Å²) < 4.78 is 2.03. The Morgan fingerprint density at radius 2 is 1.79 bits per heavy atom. The molecule has 2 aromatic heterocycles. The van der Waals surface area contributed by atoms with Crippen LogP contribution in [-0.2, 0) is 12.3 Å². The summed E-state index contributed by atoms with van der Waals surface area (Å²) in [5, 5.41) is 10.5. The molecule has 5 heteroatoms. The van der Waals surface area contributed by atoms with Gasteiger partial charge in [-0.3, -0.25) is 4.57 Å². The first-order valence-corrected chi connectivity index (χ1v) is 7.37. The van der Waals surface area contributed by atoms with Gasteiger partial charge in [-0.2, -0.15) is 0 Å². The van der Waals surface area contributed by atoms with E-state index >= 15 is 0 Å². The zero-order valence-corrected chi connectivity index (χ0v) is 11.7. The first-order valence-electron chi connectivity index (χ1n) is 5.95. The Bertz CT molecular complexity index is 647. The Balaban J connectivity index is 2.03. The Morgan fingerprint density at radius 3 is 2.47 bits per heavy atom. The predicted molar refractivity (Wildman–Crippen MR) is 78.0 cm³/mol.